The van der Waals surface area contributed by atoms with Crippen LogP contribution in [0.2, 0.25) is 0 Å². The minimum Gasteiger partial charge on any atom is -0.478 e. The lowest BCUT2D eigenvalue weighted by molar-refractivity contribution is 0.0696. The smallest absolute Gasteiger partial charge is 0.335 e. The normalized spacial score (nSPS) is 10.2. The van der Waals surface area contributed by atoms with Crippen molar-refractivity contribution in [2.75, 3.05) is 17.7 Å². The summed E-state index contributed by atoms with van der Waals surface area (Å²) in [4.78, 5) is 24.8. The average molecular weight is 284 g/mol. The monoisotopic (exact) mass is 284 g/mol. The number of hydrogen-bond donors (Lipinski definition) is 2. The molecule has 2 rings (SSSR count). The second-order valence-corrected chi connectivity index (χ2v) is 4.74. The average Bonchev–Trinajstić information content (AvgIpc) is 2.48. The van der Waals surface area contributed by atoms with E-state index in [1.807, 2.05) is 0 Å². The molecule has 0 bridgehead atoms. The molecule has 0 spiro atoms. The van der Waals surface area contributed by atoms with Crippen molar-refractivity contribution in [1.29, 1.82) is 0 Å². The maximum Gasteiger partial charge on any atom is 0.335 e. The molecule has 5 heteroatoms. The highest BCUT2D eigenvalue weighted by Crippen LogP contribution is 2.21. The molecule has 21 heavy (non-hydrogen) atoms. The summed E-state index contributed by atoms with van der Waals surface area (Å²) in [6.45, 7) is 1.80. The van der Waals surface area contributed by atoms with Gasteiger partial charge in [-0.15, -0.1) is 0 Å². The van der Waals surface area contributed by atoms with Gasteiger partial charge in [-0.1, -0.05) is 6.07 Å². The maximum absolute atomic E-state index is 12.5. The van der Waals surface area contributed by atoms with E-state index in [2.05, 4.69) is 0 Å². The number of nitrogen functional groups attached to an aromatic ring is 1. The van der Waals surface area contributed by atoms with E-state index in [0.717, 1.165) is 5.56 Å². The molecule has 0 aliphatic carbocycles. The largest absolute Gasteiger partial charge is 0.478 e. The maximum atomic E-state index is 12.5. The van der Waals surface area contributed by atoms with Gasteiger partial charge in [0.15, 0.2) is 0 Å². The van der Waals surface area contributed by atoms with Gasteiger partial charge in [0.1, 0.15) is 0 Å². The van der Waals surface area contributed by atoms with Crippen LogP contribution in [0.4, 0.5) is 11.4 Å². The Hall–Kier alpha value is -2.82. The molecular formula is C16H16N2O3. The number of nitrogens with two attached hydrogens (primary N) is 1. The van der Waals surface area contributed by atoms with E-state index in [0.29, 0.717) is 16.9 Å². The van der Waals surface area contributed by atoms with Crippen molar-refractivity contribution in [1.82, 2.24) is 0 Å². The quantitative estimate of drug-likeness (QED) is 0.848. The summed E-state index contributed by atoms with van der Waals surface area (Å²) in [5, 5.41) is 8.87. The van der Waals surface area contributed by atoms with Gasteiger partial charge in [-0.05, 0) is 48.9 Å². The summed E-state index contributed by atoms with van der Waals surface area (Å²) in [5.74, 6) is -1.19. The summed E-state index contributed by atoms with van der Waals surface area (Å²) in [7, 11) is 1.64. The Labute approximate surface area is 122 Å². The first kappa shape index (κ1) is 14.6. The van der Waals surface area contributed by atoms with Crippen LogP contribution in [0.3, 0.4) is 0 Å². The molecule has 0 unspecified atom stereocenters. The first-order chi connectivity index (χ1) is 9.91. The number of carboxylic acids is 1. The number of carboxylic acid groups (broad SMARTS) is 1. The van der Waals surface area contributed by atoms with Crippen LogP contribution in [-0.4, -0.2) is 24.0 Å². The third-order valence-electron chi connectivity index (χ3n) is 3.41. The van der Waals surface area contributed by atoms with Gasteiger partial charge in [-0.3, -0.25) is 4.79 Å². The van der Waals surface area contributed by atoms with Crippen LogP contribution in [0, 0.1) is 6.92 Å². The van der Waals surface area contributed by atoms with Gasteiger partial charge >= 0.3 is 5.97 Å². The van der Waals surface area contributed by atoms with Gasteiger partial charge in [-0.2, -0.15) is 0 Å². The number of amides is 1. The first-order valence-electron chi connectivity index (χ1n) is 6.38. The zero-order valence-electron chi connectivity index (χ0n) is 11.8. The van der Waals surface area contributed by atoms with Gasteiger partial charge in [0.25, 0.3) is 5.91 Å². The standard InChI is InChI=1S/C16H16N2O3/c1-10-13(4-3-5-14(10)17)15(19)18(2)12-8-6-11(7-9-12)16(20)21/h3-9H,17H2,1-2H3,(H,20,21). The Balaban J connectivity index is 2.30. The fourth-order valence-electron chi connectivity index (χ4n) is 2.01. The number of carbonyl (C=O) groups excluding carboxylic acids is 1. The molecule has 0 saturated carbocycles. The fourth-order valence-corrected chi connectivity index (χ4v) is 2.01. The van der Waals surface area contributed by atoms with Crippen LogP contribution in [0.15, 0.2) is 42.5 Å². The number of benzene rings is 2. The highest BCUT2D eigenvalue weighted by molar-refractivity contribution is 6.07. The second-order valence-electron chi connectivity index (χ2n) is 4.74. The van der Waals surface area contributed by atoms with E-state index in [1.54, 1.807) is 44.3 Å². The van der Waals surface area contributed by atoms with Crippen molar-refractivity contribution in [3.8, 4) is 0 Å². The molecule has 2 aromatic rings. The molecule has 0 atom stereocenters. The lowest BCUT2D eigenvalue weighted by atomic mass is 10.1. The molecule has 0 aromatic heterocycles. The topological polar surface area (TPSA) is 83.6 Å². The molecule has 1 amide bonds. The summed E-state index contributed by atoms with van der Waals surface area (Å²) in [5.41, 5.74) is 8.44. The Morgan fingerprint density at radius 1 is 1.10 bits per heavy atom. The molecule has 108 valence electrons. The second kappa shape index (κ2) is 5.66. The molecule has 2 aromatic carbocycles. The Bertz CT molecular complexity index is 693. The van der Waals surface area contributed by atoms with Crippen molar-refractivity contribution < 1.29 is 14.7 Å². The number of hydrogen-bond acceptors (Lipinski definition) is 3. The molecule has 0 aliphatic heterocycles. The van der Waals surface area contributed by atoms with E-state index < -0.39 is 5.97 Å². The highest BCUT2D eigenvalue weighted by Gasteiger charge is 2.16. The summed E-state index contributed by atoms with van der Waals surface area (Å²) < 4.78 is 0. The lowest BCUT2D eigenvalue weighted by Gasteiger charge is -2.19. The van der Waals surface area contributed by atoms with E-state index in [1.165, 1.54) is 17.0 Å². The van der Waals surface area contributed by atoms with Crippen LogP contribution in [0.25, 0.3) is 0 Å². The SMILES string of the molecule is Cc1c(N)cccc1C(=O)N(C)c1ccc(C(=O)O)cc1. The first-order valence-corrected chi connectivity index (χ1v) is 6.38. The number of anilines is 2. The van der Waals surface area contributed by atoms with E-state index in [9.17, 15) is 9.59 Å². The highest BCUT2D eigenvalue weighted by atomic mass is 16.4. The fraction of sp³-hybridized carbons (Fsp3) is 0.125. The van der Waals surface area contributed by atoms with Crippen LogP contribution in [-0.2, 0) is 0 Å². The molecule has 0 saturated heterocycles. The summed E-state index contributed by atoms with van der Waals surface area (Å²) in [6, 6.07) is 11.3. The zero-order chi connectivity index (χ0) is 15.6. The van der Waals surface area contributed by atoms with E-state index >= 15 is 0 Å². The van der Waals surface area contributed by atoms with E-state index in [-0.39, 0.29) is 11.5 Å². The summed E-state index contributed by atoms with van der Waals surface area (Å²) >= 11 is 0. The van der Waals surface area contributed by atoms with Gasteiger partial charge in [-0.25, -0.2) is 4.79 Å². The van der Waals surface area contributed by atoms with Gasteiger partial charge in [0, 0.05) is 24.0 Å². The third kappa shape index (κ3) is 2.86. The van der Waals surface area contributed by atoms with Gasteiger partial charge < -0.3 is 15.7 Å². The van der Waals surface area contributed by atoms with Crippen molar-refractivity contribution in [3.63, 3.8) is 0 Å². The minimum atomic E-state index is -0.998. The van der Waals surface area contributed by atoms with E-state index in [4.69, 9.17) is 10.8 Å². The zero-order valence-corrected chi connectivity index (χ0v) is 11.8. The number of nitrogens with zero attached hydrogens (tertiary/aromatic N) is 1. The van der Waals surface area contributed by atoms with Crippen molar-refractivity contribution in [2.45, 2.75) is 6.92 Å². The lowest BCUT2D eigenvalue weighted by Crippen LogP contribution is -2.27. The van der Waals surface area contributed by atoms with Crippen LogP contribution in [0.1, 0.15) is 26.3 Å². The molecule has 0 heterocycles. The predicted octanol–water partition coefficient (Wildman–Crippen LogP) is 2.55. The van der Waals surface area contributed by atoms with Crippen LogP contribution >= 0.6 is 0 Å². The van der Waals surface area contributed by atoms with Crippen molar-refractivity contribution >= 4 is 23.3 Å². The Morgan fingerprint density at radius 2 is 1.71 bits per heavy atom. The number of carbonyl (C=O) groups is 2. The van der Waals surface area contributed by atoms with Gasteiger partial charge in [0.2, 0.25) is 0 Å². The van der Waals surface area contributed by atoms with Gasteiger partial charge in [0.05, 0.1) is 5.56 Å². The Kier molecular flexibility index (Phi) is 3.93. The predicted molar refractivity (Wildman–Crippen MR) is 81.7 cm³/mol. The minimum absolute atomic E-state index is 0.180. The number of aromatic carboxylic acids is 1. The third-order valence-corrected chi connectivity index (χ3v) is 3.41. The molecule has 0 radical (unpaired) electrons. The summed E-state index contributed by atoms with van der Waals surface area (Å²) in [6.07, 6.45) is 0. The van der Waals surface area contributed by atoms with Crippen molar-refractivity contribution in [2.24, 2.45) is 0 Å². The molecule has 3 N–H and O–H groups in total. The Morgan fingerprint density at radius 3 is 2.29 bits per heavy atom. The molecule has 5 nitrogen and oxygen atoms in total. The van der Waals surface area contributed by atoms with Crippen LogP contribution < -0.4 is 10.6 Å². The molecular weight excluding hydrogens is 268 g/mol. The number of rotatable bonds is 3. The molecule has 0 fully saturated rings. The van der Waals surface area contributed by atoms with Crippen molar-refractivity contribution in [3.05, 3.63) is 59.2 Å². The molecule has 0 aliphatic rings. The van der Waals surface area contributed by atoms with Crippen LogP contribution in [0.5, 0.6) is 0 Å².